The zero-order valence-corrected chi connectivity index (χ0v) is 12.3. The van der Waals surface area contributed by atoms with E-state index < -0.39 is 0 Å². The van der Waals surface area contributed by atoms with E-state index in [9.17, 15) is 4.79 Å². The summed E-state index contributed by atoms with van der Waals surface area (Å²) in [7, 11) is 0. The molecule has 1 aromatic heterocycles. The third-order valence-corrected chi connectivity index (χ3v) is 3.19. The van der Waals surface area contributed by atoms with Crippen LogP contribution < -0.4 is 16.4 Å². The Hall–Kier alpha value is -2.56. The molecule has 5 heteroatoms. The Morgan fingerprint density at radius 1 is 1.19 bits per heavy atom. The first-order valence-electron chi connectivity index (χ1n) is 6.88. The van der Waals surface area contributed by atoms with E-state index in [0.717, 1.165) is 16.9 Å². The number of anilines is 2. The van der Waals surface area contributed by atoms with Crippen LogP contribution in [-0.4, -0.2) is 24.0 Å². The van der Waals surface area contributed by atoms with Crippen LogP contribution in [0.15, 0.2) is 36.5 Å². The van der Waals surface area contributed by atoms with E-state index in [1.807, 2.05) is 44.2 Å². The van der Waals surface area contributed by atoms with Gasteiger partial charge in [-0.05, 0) is 37.1 Å². The molecule has 0 fully saturated rings. The predicted octanol–water partition coefficient (Wildman–Crippen LogP) is 2.12. The van der Waals surface area contributed by atoms with Gasteiger partial charge in [0.05, 0.1) is 11.9 Å². The fourth-order valence-corrected chi connectivity index (χ4v) is 2.06. The van der Waals surface area contributed by atoms with Gasteiger partial charge in [0, 0.05) is 18.7 Å². The van der Waals surface area contributed by atoms with Gasteiger partial charge in [0.1, 0.15) is 5.82 Å². The summed E-state index contributed by atoms with van der Waals surface area (Å²) in [4.78, 5) is 16.2. The zero-order chi connectivity index (χ0) is 15.2. The van der Waals surface area contributed by atoms with Crippen molar-refractivity contribution in [1.29, 1.82) is 0 Å². The molecule has 1 amide bonds. The number of benzene rings is 1. The minimum absolute atomic E-state index is 0.0584. The minimum Gasteiger partial charge on any atom is -0.397 e. The molecule has 0 aliphatic heterocycles. The molecule has 2 rings (SSSR count). The lowest BCUT2D eigenvalue weighted by Crippen LogP contribution is -2.29. The lowest BCUT2D eigenvalue weighted by Gasteiger charge is -2.10. The highest BCUT2D eigenvalue weighted by Crippen LogP contribution is 2.13. The van der Waals surface area contributed by atoms with E-state index >= 15 is 0 Å². The van der Waals surface area contributed by atoms with Crippen LogP contribution in [0.25, 0.3) is 0 Å². The summed E-state index contributed by atoms with van der Waals surface area (Å²) in [6.07, 6.45) is 1.61. The third kappa shape index (κ3) is 3.95. The van der Waals surface area contributed by atoms with Crippen molar-refractivity contribution in [3.05, 3.63) is 53.2 Å². The SMILES string of the molecule is Cc1ccccc1C(=O)NCCNc1ncc(N)cc1C. The molecule has 0 saturated heterocycles. The average Bonchev–Trinajstić information content (AvgIpc) is 2.45. The van der Waals surface area contributed by atoms with Crippen LogP contribution in [0.5, 0.6) is 0 Å². The Morgan fingerprint density at radius 3 is 2.67 bits per heavy atom. The fourth-order valence-electron chi connectivity index (χ4n) is 2.06. The first kappa shape index (κ1) is 14.8. The Morgan fingerprint density at radius 2 is 1.95 bits per heavy atom. The Balaban J connectivity index is 1.82. The summed E-state index contributed by atoms with van der Waals surface area (Å²) in [5.41, 5.74) is 8.96. The topological polar surface area (TPSA) is 80.0 Å². The summed E-state index contributed by atoms with van der Waals surface area (Å²) < 4.78 is 0. The van der Waals surface area contributed by atoms with Gasteiger partial charge in [-0.1, -0.05) is 18.2 Å². The normalized spacial score (nSPS) is 10.2. The van der Waals surface area contributed by atoms with Gasteiger partial charge < -0.3 is 16.4 Å². The summed E-state index contributed by atoms with van der Waals surface area (Å²) >= 11 is 0. The van der Waals surface area contributed by atoms with Crippen molar-refractivity contribution in [3.63, 3.8) is 0 Å². The molecule has 21 heavy (non-hydrogen) atoms. The van der Waals surface area contributed by atoms with E-state index in [4.69, 9.17) is 5.73 Å². The predicted molar refractivity (Wildman–Crippen MR) is 85.4 cm³/mol. The average molecular weight is 284 g/mol. The number of carbonyl (C=O) groups excluding carboxylic acids is 1. The first-order chi connectivity index (χ1) is 10.1. The maximum Gasteiger partial charge on any atom is 0.251 e. The molecule has 0 spiro atoms. The standard InChI is InChI=1S/C16H20N4O/c1-11-5-3-4-6-14(11)16(21)19-8-7-18-15-12(2)9-13(17)10-20-15/h3-6,9-10H,7-8,17H2,1-2H3,(H,18,20)(H,19,21). The van der Waals surface area contributed by atoms with Crippen LogP contribution in [-0.2, 0) is 0 Å². The van der Waals surface area contributed by atoms with Gasteiger partial charge in [-0.3, -0.25) is 4.79 Å². The maximum absolute atomic E-state index is 12.0. The van der Waals surface area contributed by atoms with Crippen molar-refractivity contribution in [1.82, 2.24) is 10.3 Å². The van der Waals surface area contributed by atoms with Gasteiger partial charge >= 0.3 is 0 Å². The number of carbonyl (C=O) groups is 1. The number of amides is 1. The van der Waals surface area contributed by atoms with Gasteiger partial charge in [-0.25, -0.2) is 4.98 Å². The molecule has 0 aliphatic carbocycles. The summed E-state index contributed by atoms with van der Waals surface area (Å²) in [6.45, 7) is 5.00. The van der Waals surface area contributed by atoms with Crippen molar-refractivity contribution in [2.45, 2.75) is 13.8 Å². The third-order valence-electron chi connectivity index (χ3n) is 3.19. The number of hydrogen-bond acceptors (Lipinski definition) is 4. The van der Waals surface area contributed by atoms with Crippen LogP contribution in [0.4, 0.5) is 11.5 Å². The highest BCUT2D eigenvalue weighted by Gasteiger charge is 2.07. The van der Waals surface area contributed by atoms with Gasteiger partial charge in [0.15, 0.2) is 0 Å². The van der Waals surface area contributed by atoms with Gasteiger partial charge in [-0.15, -0.1) is 0 Å². The van der Waals surface area contributed by atoms with Crippen LogP contribution in [0.1, 0.15) is 21.5 Å². The minimum atomic E-state index is -0.0584. The van der Waals surface area contributed by atoms with E-state index in [1.165, 1.54) is 0 Å². The monoisotopic (exact) mass is 284 g/mol. The molecule has 110 valence electrons. The second kappa shape index (κ2) is 6.74. The number of hydrogen-bond donors (Lipinski definition) is 3. The molecule has 1 heterocycles. The van der Waals surface area contributed by atoms with E-state index in [1.54, 1.807) is 6.20 Å². The van der Waals surface area contributed by atoms with Crippen molar-refractivity contribution in [3.8, 4) is 0 Å². The van der Waals surface area contributed by atoms with Gasteiger partial charge in [-0.2, -0.15) is 0 Å². The molecule has 0 radical (unpaired) electrons. The summed E-state index contributed by atoms with van der Waals surface area (Å²) in [5.74, 6) is 0.728. The number of nitrogens with one attached hydrogen (secondary N) is 2. The maximum atomic E-state index is 12.0. The molecular weight excluding hydrogens is 264 g/mol. The molecular formula is C16H20N4O. The molecule has 0 aliphatic rings. The number of aryl methyl sites for hydroxylation is 2. The largest absolute Gasteiger partial charge is 0.397 e. The second-order valence-corrected chi connectivity index (χ2v) is 4.93. The molecule has 0 bridgehead atoms. The highest BCUT2D eigenvalue weighted by atomic mass is 16.1. The van der Waals surface area contributed by atoms with Crippen molar-refractivity contribution < 1.29 is 4.79 Å². The van der Waals surface area contributed by atoms with Crippen molar-refractivity contribution >= 4 is 17.4 Å². The van der Waals surface area contributed by atoms with E-state index in [-0.39, 0.29) is 5.91 Å². The first-order valence-corrected chi connectivity index (χ1v) is 6.88. The molecule has 0 unspecified atom stereocenters. The van der Waals surface area contributed by atoms with E-state index in [0.29, 0.717) is 24.3 Å². The summed E-state index contributed by atoms with van der Waals surface area (Å²) in [6, 6.07) is 9.39. The zero-order valence-electron chi connectivity index (χ0n) is 12.3. The molecule has 5 nitrogen and oxygen atoms in total. The number of pyridine rings is 1. The molecule has 1 aromatic carbocycles. The quantitative estimate of drug-likeness (QED) is 0.735. The Kier molecular flexibility index (Phi) is 4.77. The number of rotatable bonds is 5. The van der Waals surface area contributed by atoms with Gasteiger partial charge in [0.2, 0.25) is 0 Å². The van der Waals surface area contributed by atoms with Crippen LogP contribution >= 0.6 is 0 Å². The number of nitrogens with zero attached hydrogens (tertiary/aromatic N) is 1. The van der Waals surface area contributed by atoms with Crippen LogP contribution in [0.3, 0.4) is 0 Å². The van der Waals surface area contributed by atoms with E-state index in [2.05, 4.69) is 15.6 Å². The Bertz CT molecular complexity index is 640. The van der Waals surface area contributed by atoms with Crippen LogP contribution in [0.2, 0.25) is 0 Å². The molecule has 2 aromatic rings. The number of nitrogens with two attached hydrogens (primary N) is 1. The molecule has 4 N–H and O–H groups in total. The highest BCUT2D eigenvalue weighted by molar-refractivity contribution is 5.95. The van der Waals surface area contributed by atoms with Crippen LogP contribution in [0, 0.1) is 13.8 Å². The lowest BCUT2D eigenvalue weighted by molar-refractivity contribution is 0.0954. The summed E-state index contributed by atoms with van der Waals surface area (Å²) in [5, 5.41) is 6.07. The Labute approximate surface area is 124 Å². The second-order valence-electron chi connectivity index (χ2n) is 4.93. The fraction of sp³-hybridized carbons (Fsp3) is 0.250. The molecule has 0 atom stereocenters. The number of nitrogen functional groups attached to an aromatic ring is 1. The van der Waals surface area contributed by atoms with Crippen molar-refractivity contribution in [2.75, 3.05) is 24.1 Å². The van der Waals surface area contributed by atoms with Gasteiger partial charge in [0.25, 0.3) is 5.91 Å². The smallest absolute Gasteiger partial charge is 0.251 e. The lowest BCUT2D eigenvalue weighted by atomic mass is 10.1. The number of aromatic nitrogens is 1. The van der Waals surface area contributed by atoms with Crippen molar-refractivity contribution in [2.24, 2.45) is 0 Å². The molecule has 0 saturated carbocycles.